The van der Waals surface area contributed by atoms with Gasteiger partial charge in [0.2, 0.25) is 0 Å². The third-order valence-corrected chi connectivity index (χ3v) is 3.77. The standard InChI is InChI=1S/C14H18O3S/c1-16-10-5-6-12-13(15)8-11(4-3-7-18-2)17-14(12)9-10/h5-6,9,11H,3-4,7-8H2,1-2H3. The first-order chi connectivity index (χ1) is 8.74. The fraction of sp³-hybridized carbons (Fsp3) is 0.500. The summed E-state index contributed by atoms with van der Waals surface area (Å²) < 4.78 is 11.0. The van der Waals surface area contributed by atoms with Crippen LogP contribution in [0.4, 0.5) is 0 Å². The Labute approximate surface area is 112 Å². The first kappa shape index (κ1) is 13.3. The number of hydrogen-bond acceptors (Lipinski definition) is 4. The zero-order valence-electron chi connectivity index (χ0n) is 10.8. The van der Waals surface area contributed by atoms with Crippen LogP contribution in [0.2, 0.25) is 0 Å². The number of thioether (sulfide) groups is 1. The molecule has 0 amide bonds. The van der Waals surface area contributed by atoms with E-state index in [0.29, 0.717) is 17.7 Å². The molecule has 0 fully saturated rings. The van der Waals surface area contributed by atoms with Gasteiger partial charge in [-0.05, 0) is 37.0 Å². The molecule has 1 heterocycles. The maximum atomic E-state index is 12.0. The molecule has 3 nitrogen and oxygen atoms in total. The molecule has 1 unspecified atom stereocenters. The molecule has 98 valence electrons. The van der Waals surface area contributed by atoms with Crippen LogP contribution in [0.15, 0.2) is 18.2 Å². The molecule has 0 saturated carbocycles. The summed E-state index contributed by atoms with van der Waals surface area (Å²) in [6, 6.07) is 5.39. The molecule has 18 heavy (non-hydrogen) atoms. The van der Waals surface area contributed by atoms with Crippen LogP contribution in [0.25, 0.3) is 0 Å². The Kier molecular flexibility index (Phi) is 4.53. The molecule has 0 N–H and O–H groups in total. The van der Waals surface area contributed by atoms with Crippen LogP contribution in [0, 0.1) is 0 Å². The third-order valence-electron chi connectivity index (χ3n) is 3.07. The van der Waals surface area contributed by atoms with E-state index in [0.717, 1.165) is 24.3 Å². The van der Waals surface area contributed by atoms with Crippen LogP contribution < -0.4 is 9.47 Å². The average Bonchev–Trinajstić information content (AvgIpc) is 2.38. The summed E-state index contributed by atoms with van der Waals surface area (Å²) >= 11 is 1.82. The lowest BCUT2D eigenvalue weighted by atomic mass is 9.98. The van der Waals surface area contributed by atoms with Crippen LogP contribution in [0.5, 0.6) is 11.5 Å². The average molecular weight is 266 g/mol. The Hall–Kier alpha value is -1.16. The van der Waals surface area contributed by atoms with E-state index in [4.69, 9.17) is 9.47 Å². The first-order valence-corrected chi connectivity index (χ1v) is 7.51. The summed E-state index contributed by atoms with van der Waals surface area (Å²) in [5.74, 6) is 2.68. The quantitative estimate of drug-likeness (QED) is 0.767. The van der Waals surface area contributed by atoms with Gasteiger partial charge in [0.25, 0.3) is 0 Å². The Morgan fingerprint density at radius 2 is 2.33 bits per heavy atom. The van der Waals surface area contributed by atoms with Crippen molar-refractivity contribution < 1.29 is 14.3 Å². The number of fused-ring (bicyclic) bond motifs is 1. The van der Waals surface area contributed by atoms with Gasteiger partial charge in [0.05, 0.1) is 12.7 Å². The number of benzene rings is 1. The lowest BCUT2D eigenvalue weighted by Crippen LogP contribution is -2.27. The van der Waals surface area contributed by atoms with Gasteiger partial charge < -0.3 is 9.47 Å². The molecule has 1 aromatic carbocycles. The third kappa shape index (κ3) is 2.99. The Morgan fingerprint density at radius 1 is 1.50 bits per heavy atom. The van der Waals surface area contributed by atoms with E-state index in [2.05, 4.69) is 6.26 Å². The number of carbonyl (C=O) groups excluding carboxylic acids is 1. The predicted octanol–water partition coefficient (Wildman–Crippen LogP) is 3.17. The number of hydrogen-bond donors (Lipinski definition) is 0. The molecule has 0 aliphatic carbocycles. The summed E-state index contributed by atoms with van der Waals surface area (Å²) in [7, 11) is 1.61. The maximum absolute atomic E-state index is 12.0. The summed E-state index contributed by atoms with van der Waals surface area (Å²) in [5.41, 5.74) is 0.678. The topological polar surface area (TPSA) is 35.5 Å². The first-order valence-electron chi connectivity index (χ1n) is 6.11. The molecule has 1 aliphatic rings. The van der Waals surface area contributed by atoms with Crippen molar-refractivity contribution in [1.29, 1.82) is 0 Å². The summed E-state index contributed by atoms with van der Waals surface area (Å²) in [6.45, 7) is 0. The minimum Gasteiger partial charge on any atom is -0.497 e. The van der Waals surface area contributed by atoms with Gasteiger partial charge >= 0.3 is 0 Å². The second kappa shape index (κ2) is 6.14. The molecule has 1 aromatic rings. The highest BCUT2D eigenvalue weighted by molar-refractivity contribution is 7.98. The number of carbonyl (C=O) groups is 1. The summed E-state index contributed by atoms with van der Waals surface area (Å²) in [6.07, 6.45) is 4.62. The minimum absolute atomic E-state index is 0.0178. The SMILES string of the molecule is COc1ccc2c(c1)OC(CCCSC)CC2=O. The van der Waals surface area contributed by atoms with Crippen molar-refractivity contribution in [3.63, 3.8) is 0 Å². The lowest BCUT2D eigenvalue weighted by molar-refractivity contribution is 0.0838. The lowest BCUT2D eigenvalue weighted by Gasteiger charge is -2.25. The molecule has 0 aromatic heterocycles. The Bertz CT molecular complexity index is 431. The largest absolute Gasteiger partial charge is 0.497 e. The summed E-state index contributed by atoms with van der Waals surface area (Å²) in [4.78, 5) is 12.0. The number of ether oxygens (including phenoxy) is 2. The molecular weight excluding hydrogens is 248 g/mol. The van der Waals surface area contributed by atoms with Gasteiger partial charge in [0.15, 0.2) is 5.78 Å². The molecule has 2 rings (SSSR count). The maximum Gasteiger partial charge on any atom is 0.170 e. The van der Waals surface area contributed by atoms with Gasteiger partial charge in [-0.15, -0.1) is 0 Å². The van der Waals surface area contributed by atoms with Crippen molar-refractivity contribution in [2.75, 3.05) is 19.1 Å². The normalized spacial score (nSPS) is 18.1. The van der Waals surface area contributed by atoms with Gasteiger partial charge in [0, 0.05) is 12.5 Å². The molecule has 0 radical (unpaired) electrons. The zero-order valence-corrected chi connectivity index (χ0v) is 11.6. The highest BCUT2D eigenvalue weighted by Gasteiger charge is 2.26. The van der Waals surface area contributed by atoms with E-state index in [1.165, 1.54) is 0 Å². The fourth-order valence-electron chi connectivity index (χ4n) is 2.11. The van der Waals surface area contributed by atoms with Gasteiger partial charge in [-0.3, -0.25) is 4.79 Å². The van der Waals surface area contributed by atoms with E-state index in [1.807, 2.05) is 11.8 Å². The van der Waals surface area contributed by atoms with Gasteiger partial charge in [-0.1, -0.05) is 0 Å². The molecule has 0 bridgehead atoms. The fourth-order valence-corrected chi connectivity index (χ4v) is 2.57. The highest BCUT2D eigenvalue weighted by atomic mass is 32.2. The predicted molar refractivity (Wildman–Crippen MR) is 74.0 cm³/mol. The van der Waals surface area contributed by atoms with Crippen LogP contribution in [0.3, 0.4) is 0 Å². The van der Waals surface area contributed by atoms with E-state index in [1.54, 1.807) is 25.3 Å². The van der Waals surface area contributed by atoms with Crippen molar-refractivity contribution in [2.24, 2.45) is 0 Å². The number of rotatable bonds is 5. The van der Waals surface area contributed by atoms with E-state index < -0.39 is 0 Å². The smallest absolute Gasteiger partial charge is 0.170 e. The van der Waals surface area contributed by atoms with Gasteiger partial charge in [-0.2, -0.15) is 11.8 Å². The van der Waals surface area contributed by atoms with E-state index >= 15 is 0 Å². The van der Waals surface area contributed by atoms with Crippen molar-refractivity contribution >= 4 is 17.5 Å². The Balaban J connectivity index is 2.08. The second-order valence-electron chi connectivity index (χ2n) is 4.36. The van der Waals surface area contributed by atoms with Gasteiger partial charge in [0.1, 0.15) is 17.6 Å². The van der Waals surface area contributed by atoms with Crippen LogP contribution in [-0.2, 0) is 0 Å². The van der Waals surface area contributed by atoms with Crippen LogP contribution >= 0.6 is 11.8 Å². The summed E-state index contributed by atoms with van der Waals surface area (Å²) in [5, 5.41) is 0. The molecule has 4 heteroatoms. The van der Waals surface area contributed by atoms with E-state index in [-0.39, 0.29) is 11.9 Å². The molecule has 1 aliphatic heterocycles. The highest BCUT2D eigenvalue weighted by Crippen LogP contribution is 2.32. The van der Waals surface area contributed by atoms with Crippen molar-refractivity contribution in [3.05, 3.63) is 23.8 Å². The van der Waals surface area contributed by atoms with Crippen LogP contribution in [-0.4, -0.2) is 31.0 Å². The van der Waals surface area contributed by atoms with Crippen molar-refractivity contribution in [2.45, 2.75) is 25.4 Å². The second-order valence-corrected chi connectivity index (χ2v) is 5.35. The molecule has 1 atom stereocenters. The van der Waals surface area contributed by atoms with Crippen LogP contribution in [0.1, 0.15) is 29.6 Å². The molecule has 0 spiro atoms. The molecule has 0 saturated heterocycles. The zero-order chi connectivity index (χ0) is 13.0. The minimum atomic E-state index is 0.0178. The van der Waals surface area contributed by atoms with E-state index in [9.17, 15) is 4.79 Å². The van der Waals surface area contributed by atoms with Gasteiger partial charge in [-0.25, -0.2) is 0 Å². The van der Waals surface area contributed by atoms with Crippen molar-refractivity contribution in [3.8, 4) is 11.5 Å². The number of Topliss-reactive ketones (excluding diaryl/α,β-unsaturated/α-hetero) is 1. The molecular formula is C14H18O3S. The van der Waals surface area contributed by atoms with Crippen molar-refractivity contribution in [1.82, 2.24) is 0 Å². The number of ketones is 1. The number of methoxy groups -OCH3 is 1. The Morgan fingerprint density at radius 3 is 3.06 bits per heavy atom. The monoisotopic (exact) mass is 266 g/mol.